The Kier molecular flexibility index (Phi) is 6.77. The predicted octanol–water partition coefficient (Wildman–Crippen LogP) is 5.54. The zero-order valence-electron chi connectivity index (χ0n) is 12.5. The molecule has 0 saturated heterocycles. The van der Waals surface area contributed by atoms with Gasteiger partial charge in [0.2, 0.25) is 0 Å². The Morgan fingerprint density at radius 1 is 1.12 bits per heavy atom. The molecule has 0 N–H and O–H groups in total. The molecule has 0 amide bonds. The quantitative estimate of drug-likeness (QED) is 0.586. The van der Waals surface area contributed by atoms with Crippen LogP contribution in [0.4, 0.5) is 0 Å². The molecule has 1 unspecified atom stereocenters. The maximum atomic E-state index is 2.42. The normalized spacial score (nSPS) is 25.1. The Labute approximate surface area is 107 Å². The van der Waals surface area contributed by atoms with Crippen LogP contribution in [-0.4, -0.2) is 10.5 Å². The molecule has 0 fully saturated rings. The first-order valence-corrected chi connectivity index (χ1v) is 7.78. The van der Waals surface area contributed by atoms with Gasteiger partial charge >= 0.3 is 0 Å². The van der Waals surface area contributed by atoms with Gasteiger partial charge in [-0.1, -0.05) is 59.6 Å². The van der Waals surface area contributed by atoms with Crippen LogP contribution in [0, 0.1) is 11.8 Å². The van der Waals surface area contributed by atoms with Gasteiger partial charge in [-0.25, -0.2) is 0 Å². The van der Waals surface area contributed by atoms with Gasteiger partial charge in [-0.15, -0.1) is 11.8 Å². The smallest absolute Gasteiger partial charge is 0.0346 e. The van der Waals surface area contributed by atoms with E-state index in [1.54, 1.807) is 11.1 Å². The summed E-state index contributed by atoms with van der Waals surface area (Å²) in [6.45, 7) is 18.1. The highest BCUT2D eigenvalue weighted by atomic mass is 32.2. The molecule has 0 radical (unpaired) electrons. The van der Waals surface area contributed by atoms with Crippen molar-refractivity contribution < 1.29 is 0 Å². The standard InChI is InChI=1S/C13H24S.C2H6/c1-7-13(6)12(10(4)5)11(8-14-13)9(2)3;1-2/h9-10H,7-8H2,1-6H3;1-2H3. The molecule has 1 heterocycles. The van der Waals surface area contributed by atoms with Gasteiger partial charge < -0.3 is 0 Å². The van der Waals surface area contributed by atoms with Crippen LogP contribution >= 0.6 is 11.8 Å². The lowest BCUT2D eigenvalue weighted by molar-refractivity contribution is 0.592. The number of thioether (sulfide) groups is 1. The molecule has 0 saturated carbocycles. The Balaban J connectivity index is 0.00000106. The summed E-state index contributed by atoms with van der Waals surface area (Å²) in [6, 6.07) is 0. The Morgan fingerprint density at radius 2 is 1.62 bits per heavy atom. The first-order chi connectivity index (χ1) is 7.42. The van der Waals surface area contributed by atoms with Crippen LogP contribution < -0.4 is 0 Å². The van der Waals surface area contributed by atoms with Crippen molar-refractivity contribution >= 4 is 11.8 Å². The first-order valence-electron chi connectivity index (χ1n) is 6.79. The van der Waals surface area contributed by atoms with Crippen LogP contribution in [-0.2, 0) is 0 Å². The number of rotatable bonds is 3. The fraction of sp³-hybridized carbons (Fsp3) is 0.867. The highest BCUT2D eigenvalue weighted by molar-refractivity contribution is 8.01. The molecule has 1 aliphatic rings. The van der Waals surface area contributed by atoms with Crippen LogP contribution in [0.5, 0.6) is 0 Å². The third-order valence-corrected chi connectivity index (χ3v) is 5.01. The summed E-state index contributed by atoms with van der Waals surface area (Å²) in [5, 5.41) is 0. The van der Waals surface area contributed by atoms with Gasteiger partial charge in [0.15, 0.2) is 0 Å². The fourth-order valence-electron chi connectivity index (χ4n) is 2.48. The van der Waals surface area contributed by atoms with Crippen LogP contribution in [0.15, 0.2) is 11.1 Å². The van der Waals surface area contributed by atoms with E-state index in [0.29, 0.717) is 10.7 Å². The number of hydrogen-bond donors (Lipinski definition) is 0. The summed E-state index contributed by atoms with van der Waals surface area (Å²) in [5.74, 6) is 2.70. The second-order valence-corrected chi connectivity index (χ2v) is 6.60. The van der Waals surface area contributed by atoms with Crippen molar-refractivity contribution in [1.29, 1.82) is 0 Å². The van der Waals surface area contributed by atoms with Gasteiger partial charge in [-0.2, -0.15) is 0 Å². The maximum Gasteiger partial charge on any atom is 0.0346 e. The molecule has 1 heteroatoms. The van der Waals surface area contributed by atoms with E-state index in [-0.39, 0.29) is 0 Å². The zero-order valence-corrected chi connectivity index (χ0v) is 13.3. The molecule has 1 atom stereocenters. The summed E-state index contributed by atoms with van der Waals surface area (Å²) >= 11 is 2.14. The summed E-state index contributed by atoms with van der Waals surface area (Å²) < 4.78 is 0.424. The van der Waals surface area contributed by atoms with Gasteiger partial charge in [0.05, 0.1) is 0 Å². The van der Waals surface area contributed by atoms with Gasteiger partial charge in [0, 0.05) is 10.5 Å². The average Bonchev–Trinajstić information content (AvgIpc) is 2.60. The van der Waals surface area contributed by atoms with Crippen molar-refractivity contribution in [2.45, 2.75) is 66.6 Å². The molecule has 0 spiro atoms. The van der Waals surface area contributed by atoms with Gasteiger partial charge in [0.1, 0.15) is 0 Å². The molecule has 0 aromatic carbocycles. The van der Waals surface area contributed by atoms with Gasteiger partial charge in [-0.05, 0) is 25.2 Å². The van der Waals surface area contributed by atoms with E-state index >= 15 is 0 Å². The minimum absolute atomic E-state index is 0.424. The minimum Gasteiger partial charge on any atom is -0.147 e. The van der Waals surface area contributed by atoms with Gasteiger partial charge in [0.25, 0.3) is 0 Å². The highest BCUT2D eigenvalue weighted by Gasteiger charge is 2.37. The summed E-state index contributed by atoms with van der Waals surface area (Å²) in [4.78, 5) is 0. The van der Waals surface area contributed by atoms with Crippen LogP contribution in [0.2, 0.25) is 0 Å². The van der Waals surface area contributed by atoms with Crippen molar-refractivity contribution in [1.82, 2.24) is 0 Å². The molecule has 1 aliphatic heterocycles. The maximum absolute atomic E-state index is 2.42. The molecule has 0 aliphatic carbocycles. The van der Waals surface area contributed by atoms with E-state index in [2.05, 4.69) is 53.3 Å². The largest absolute Gasteiger partial charge is 0.147 e. The van der Waals surface area contributed by atoms with Crippen molar-refractivity contribution in [3.8, 4) is 0 Å². The van der Waals surface area contributed by atoms with Crippen molar-refractivity contribution in [3.63, 3.8) is 0 Å². The molecular formula is C15H30S. The fourth-order valence-corrected chi connectivity index (χ4v) is 4.17. The highest BCUT2D eigenvalue weighted by Crippen LogP contribution is 2.49. The van der Waals surface area contributed by atoms with Crippen LogP contribution in [0.1, 0.15) is 61.8 Å². The summed E-state index contributed by atoms with van der Waals surface area (Å²) in [6.07, 6.45) is 1.27. The van der Waals surface area contributed by atoms with E-state index in [1.165, 1.54) is 12.2 Å². The molecule has 96 valence electrons. The van der Waals surface area contributed by atoms with E-state index < -0.39 is 0 Å². The summed E-state index contributed by atoms with van der Waals surface area (Å²) in [7, 11) is 0. The second kappa shape index (κ2) is 6.74. The summed E-state index contributed by atoms with van der Waals surface area (Å²) in [5.41, 5.74) is 3.45. The number of hydrogen-bond acceptors (Lipinski definition) is 1. The van der Waals surface area contributed by atoms with Crippen molar-refractivity contribution in [2.75, 3.05) is 5.75 Å². The van der Waals surface area contributed by atoms with Crippen LogP contribution in [0.3, 0.4) is 0 Å². The van der Waals surface area contributed by atoms with Gasteiger partial charge in [-0.3, -0.25) is 0 Å². The van der Waals surface area contributed by atoms with Crippen molar-refractivity contribution in [3.05, 3.63) is 11.1 Å². The lowest BCUT2D eigenvalue weighted by Gasteiger charge is -2.29. The average molecular weight is 242 g/mol. The molecule has 0 aromatic rings. The van der Waals surface area contributed by atoms with E-state index in [1.807, 2.05) is 13.8 Å². The first kappa shape index (κ1) is 16.1. The molecule has 0 nitrogen and oxygen atoms in total. The monoisotopic (exact) mass is 242 g/mol. The Morgan fingerprint density at radius 3 is 1.94 bits per heavy atom. The third kappa shape index (κ3) is 3.29. The topological polar surface area (TPSA) is 0 Å². The minimum atomic E-state index is 0.424. The second-order valence-electron chi connectivity index (χ2n) is 5.12. The lowest BCUT2D eigenvalue weighted by Crippen LogP contribution is -2.22. The molecule has 0 bridgehead atoms. The molecule has 1 rings (SSSR count). The molecular weight excluding hydrogens is 212 g/mol. The Hall–Kier alpha value is 0.0900. The van der Waals surface area contributed by atoms with E-state index in [4.69, 9.17) is 0 Å². The molecule has 16 heavy (non-hydrogen) atoms. The van der Waals surface area contributed by atoms with Crippen molar-refractivity contribution in [2.24, 2.45) is 11.8 Å². The molecule has 0 aromatic heterocycles. The zero-order chi connectivity index (χ0) is 12.9. The van der Waals surface area contributed by atoms with E-state index in [9.17, 15) is 0 Å². The van der Waals surface area contributed by atoms with Crippen LogP contribution in [0.25, 0.3) is 0 Å². The van der Waals surface area contributed by atoms with E-state index in [0.717, 1.165) is 5.92 Å². The lowest BCUT2D eigenvalue weighted by atomic mass is 9.82. The predicted molar refractivity (Wildman–Crippen MR) is 79.2 cm³/mol. The third-order valence-electron chi connectivity index (χ3n) is 3.41. The Bertz CT molecular complexity index is 238. The SMILES string of the molecule is CC.CCC1(C)SCC(C(C)C)=C1C(C)C.